The first kappa shape index (κ1) is 19.9. The summed E-state index contributed by atoms with van der Waals surface area (Å²) in [6.07, 6.45) is 4.18. The van der Waals surface area contributed by atoms with E-state index in [1.54, 1.807) is 6.21 Å². The average molecular weight is 369 g/mol. The standard InChI is InChI=1S/C21H28N4S/c1-5-6-14-25(4)19-12-10-18(11-13-19)15-22-24-21(26)23-20-16(2)8-7-9-17(20)3/h7-13,15H,5-6,14H2,1-4H3,(H2,23,24,26)/b22-15+. The van der Waals surface area contributed by atoms with Crippen molar-refractivity contribution in [3.63, 3.8) is 0 Å². The number of para-hydroxylation sites is 1. The van der Waals surface area contributed by atoms with E-state index in [4.69, 9.17) is 12.2 Å². The molecule has 0 aliphatic rings. The van der Waals surface area contributed by atoms with Crippen molar-refractivity contribution in [1.29, 1.82) is 0 Å². The number of unbranched alkanes of at least 4 members (excludes halogenated alkanes) is 1. The second kappa shape index (κ2) is 9.92. The number of rotatable bonds is 7. The Hall–Kier alpha value is -2.40. The summed E-state index contributed by atoms with van der Waals surface area (Å²) in [6.45, 7) is 7.39. The van der Waals surface area contributed by atoms with Crippen LogP contribution in [0.3, 0.4) is 0 Å². The number of nitrogens with one attached hydrogen (secondary N) is 2. The van der Waals surface area contributed by atoms with Gasteiger partial charge in [-0.2, -0.15) is 5.10 Å². The van der Waals surface area contributed by atoms with E-state index in [0.29, 0.717) is 5.11 Å². The third-order valence-corrected chi connectivity index (χ3v) is 4.47. The Balaban J connectivity index is 1.89. The topological polar surface area (TPSA) is 39.7 Å². The van der Waals surface area contributed by atoms with Gasteiger partial charge in [0.05, 0.1) is 6.21 Å². The highest BCUT2D eigenvalue weighted by Gasteiger charge is 2.03. The highest BCUT2D eigenvalue weighted by atomic mass is 32.1. The first-order valence-corrected chi connectivity index (χ1v) is 9.39. The van der Waals surface area contributed by atoms with Crippen LogP contribution >= 0.6 is 12.2 Å². The minimum Gasteiger partial charge on any atom is -0.375 e. The Kier molecular flexibility index (Phi) is 7.60. The molecule has 0 unspecified atom stereocenters. The minimum absolute atomic E-state index is 0.481. The Morgan fingerprint density at radius 2 is 1.77 bits per heavy atom. The van der Waals surface area contributed by atoms with Crippen LogP contribution in [0.15, 0.2) is 47.6 Å². The molecule has 0 saturated carbocycles. The Labute approximate surface area is 162 Å². The van der Waals surface area contributed by atoms with Crippen molar-refractivity contribution >= 4 is 34.9 Å². The van der Waals surface area contributed by atoms with E-state index < -0.39 is 0 Å². The molecule has 0 aliphatic heterocycles. The molecule has 26 heavy (non-hydrogen) atoms. The van der Waals surface area contributed by atoms with Gasteiger partial charge in [0.25, 0.3) is 0 Å². The molecule has 0 aromatic heterocycles. The van der Waals surface area contributed by atoms with Crippen LogP contribution in [0.5, 0.6) is 0 Å². The monoisotopic (exact) mass is 368 g/mol. The molecular weight excluding hydrogens is 340 g/mol. The van der Waals surface area contributed by atoms with E-state index in [0.717, 1.165) is 28.9 Å². The van der Waals surface area contributed by atoms with Gasteiger partial charge in [-0.3, -0.25) is 5.43 Å². The van der Waals surface area contributed by atoms with Crippen LogP contribution in [0.2, 0.25) is 0 Å². The highest BCUT2D eigenvalue weighted by molar-refractivity contribution is 7.80. The summed E-state index contributed by atoms with van der Waals surface area (Å²) in [5.41, 5.74) is 8.46. The summed E-state index contributed by atoms with van der Waals surface area (Å²) in [7, 11) is 2.12. The summed E-state index contributed by atoms with van der Waals surface area (Å²) < 4.78 is 0. The number of benzene rings is 2. The maximum absolute atomic E-state index is 5.32. The molecule has 0 bridgehead atoms. The maximum atomic E-state index is 5.32. The van der Waals surface area contributed by atoms with Gasteiger partial charge in [-0.25, -0.2) is 0 Å². The number of hydrazone groups is 1. The summed E-state index contributed by atoms with van der Waals surface area (Å²) in [6, 6.07) is 14.5. The number of hydrogen-bond acceptors (Lipinski definition) is 3. The van der Waals surface area contributed by atoms with E-state index in [1.165, 1.54) is 18.5 Å². The molecule has 5 heteroatoms. The van der Waals surface area contributed by atoms with Gasteiger partial charge in [0.15, 0.2) is 5.11 Å². The second-order valence-corrected chi connectivity index (χ2v) is 6.87. The van der Waals surface area contributed by atoms with Gasteiger partial charge in [0.1, 0.15) is 0 Å². The largest absolute Gasteiger partial charge is 0.375 e. The van der Waals surface area contributed by atoms with E-state index in [9.17, 15) is 0 Å². The molecule has 0 amide bonds. The number of anilines is 2. The van der Waals surface area contributed by atoms with Gasteiger partial charge >= 0.3 is 0 Å². The summed E-state index contributed by atoms with van der Waals surface area (Å²) in [5.74, 6) is 0. The van der Waals surface area contributed by atoms with Gasteiger partial charge in [-0.15, -0.1) is 0 Å². The van der Waals surface area contributed by atoms with Crippen LogP contribution < -0.4 is 15.6 Å². The SMILES string of the molecule is CCCCN(C)c1ccc(/C=N/NC(=S)Nc2c(C)cccc2C)cc1. The average Bonchev–Trinajstić information content (AvgIpc) is 2.63. The lowest BCUT2D eigenvalue weighted by molar-refractivity contribution is 0.767. The molecule has 138 valence electrons. The van der Waals surface area contributed by atoms with Crippen LogP contribution in [0.1, 0.15) is 36.5 Å². The molecule has 4 nitrogen and oxygen atoms in total. The molecule has 0 aliphatic carbocycles. The maximum Gasteiger partial charge on any atom is 0.191 e. The molecule has 2 N–H and O–H groups in total. The molecule has 0 spiro atoms. The van der Waals surface area contributed by atoms with E-state index >= 15 is 0 Å². The fraction of sp³-hybridized carbons (Fsp3) is 0.333. The smallest absolute Gasteiger partial charge is 0.191 e. The van der Waals surface area contributed by atoms with Crippen molar-refractivity contribution in [2.75, 3.05) is 23.8 Å². The van der Waals surface area contributed by atoms with Crippen LogP contribution in [-0.4, -0.2) is 24.9 Å². The van der Waals surface area contributed by atoms with Crippen molar-refractivity contribution in [1.82, 2.24) is 5.43 Å². The number of thiocarbonyl (C=S) groups is 1. The fourth-order valence-electron chi connectivity index (χ4n) is 2.66. The zero-order valence-electron chi connectivity index (χ0n) is 16.0. The molecule has 2 aromatic rings. The van der Waals surface area contributed by atoms with Gasteiger partial charge in [-0.1, -0.05) is 43.7 Å². The van der Waals surface area contributed by atoms with E-state index in [2.05, 4.69) is 85.0 Å². The lowest BCUT2D eigenvalue weighted by Gasteiger charge is -2.18. The minimum atomic E-state index is 0.481. The Bertz CT molecular complexity index is 733. The van der Waals surface area contributed by atoms with E-state index in [-0.39, 0.29) is 0 Å². The Morgan fingerprint density at radius 3 is 2.38 bits per heavy atom. The molecule has 0 fully saturated rings. The quantitative estimate of drug-likeness (QED) is 0.416. The van der Waals surface area contributed by atoms with Gasteiger partial charge in [0, 0.05) is 25.0 Å². The number of aryl methyl sites for hydroxylation is 2. The lowest BCUT2D eigenvalue weighted by Crippen LogP contribution is -2.24. The molecular formula is C21H28N4S. The zero-order valence-corrected chi connectivity index (χ0v) is 16.9. The van der Waals surface area contributed by atoms with Crippen LogP contribution in [-0.2, 0) is 0 Å². The van der Waals surface area contributed by atoms with Crippen molar-refractivity contribution in [3.05, 3.63) is 59.2 Å². The first-order valence-electron chi connectivity index (χ1n) is 8.98. The van der Waals surface area contributed by atoms with Crippen molar-refractivity contribution in [2.45, 2.75) is 33.6 Å². The van der Waals surface area contributed by atoms with Crippen LogP contribution in [0.4, 0.5) is 11.4 Å². The molecule has 0 heterocycles. The van der Waals surface area contributed by atoms with Crippen LogP contribution in [0.25, 0.3) is 0 Å². The number of hydrogen-bond donors (Lipinski definition) is 2. The lowest BCUT2D eigenvalue weighted by atomic mass is 10.1. The molecule has 0 saturated heterocycles. The molecule has 0 radical (unpaired) electrons. The summed E-state index contributed by atoms with van der Waals surface area (Å²) >= 11 is 5.32. The Morgan fingerprint density at radius 1 is 1.12 bits per heavy atom. The normalized spacial score (nSPS) is 10.8. The summed E-state index contributed by atoms with van der Waals surface area (Å²) in [5, 5.41) is 7.92. The molecule has 2 rings (SSSR count). The van der Waals surface area contributed by atoms with Crippen molar-refractivity contribution in [3.8, 4) is 0 Å². The predicted octanol–water partition coefficient (Wildman–Crippen LogP) is 4.86. The van der Waals surface area contributed by atoms with Gasteiger partial charge in [-0.05, 0) is 61.3 Å². The van der Waals surface area contributed by atoms with Crippen LogP contribution in [0, 0.1) is 13.8 Å². The van der Waals surface area contributed by atoms with Crippen molar-refractivity contribution in [2.24, 2.45) is 5.10 Å². The third kappa shape index (κ3) is 5.85. The first-order chi connectivity index (χ1) is 12.5. The zero-order chi connectivity index (χ0) is 18.9. The van der Waals surface area contributed by atoms with Crippen molar-refractivity contribution < 1.29 is 0 Å². The summed E-state index contributed by atoms with van der Waals surface area (Å²) in [4.78, 5) is 2.27. The predicted molar refractivity (Wildman–Crippen MR) is 117 cm³/mol. The highest BCUT2D eigenvalue weighted by Crippen LogP contribution is 2.19. The second-order valence-electron chi connectivity index (χ2n) is 6.46. The fourth-order valence-corrected chi connectivity index (χ4v) is 2.81. The van der Waals surface area contributed by atoms with Gasteiger partial charge in [0.2, 0.25) is 0 Å². The molecule has 0 atom stereocenters. The molecule has 2 aromatic carbocycles. The third-order valence-electron chi connectivity index (χ3n) is 4.28. The number of nitrogens with zero attached hydrogens (tertiary/aromatic N) is 2. The van der Waals surface area contributed by atoms with E-state index in [1.807, 2.05) is 6.07 Å². The van der Waals surface area contributed by atoms with Gasteiger partial charge < -0.3 is 10.2 Å².